The molecule has 3 atom stereocenters. The van der Waals surface area contributed by atoms with Crippen LogP contribution in [0.5, 0.6) is 5.75 Å². The zero-order valence-electron chi connectivity index (χ0n) is 14.6. The maximum Gasteiger partial charge on any atom is 0.269 e. The monoisotopic (exact) mass is 370 g/mol. The SMILES string of the molecule is COc1ccc(C2CC(=O)C[C@@H](c3ccc([N+](=O)[O-])cc3)[C@@H]2[N+](=O)[O-])cc1. The van der Waals surface area contributed by atoms with Crippen LogP contribution in [0.3, 0.4) is 0 Å². The summed E-state index contributed by atoms with van der Waals surface area (Å²) >= 11 is 0. The standard InChI is InChI=1S/C19H18N2O6/c1-27-16-8-4-13(5-9-16)18-11-15(22)10-17(19(18)21(25)26)12-2-6-14(7-3-12)20(23)24/h2-9,17-19H,10-11H2,1H3/t17-,18?,19-/m0/s1. The average Bonchev–Trinajstić information content (AvgIpc) is 2.67. The van der Waals surface area contributed by atoms with Crippen LogP contribution >= 0.6 is 0 Å². The molecule has 8 nitrogen and oxygen atoms in total. The first-order valence-corrected chi connectivity index (χ1v) is 8.44. The van der Waals surface area contributed by atoms with Gasteiger partial charge >= 0.3 is 0 Å². The number of carbonyl (C=O) groups excluding carboxylic acids is 1. The summed E-state index contributed by atoms with van der Waals surface area (Å²) < 4.78 is 5.12. The highest BCUT2D eigenvalue weighted by atomic mass is 16.6. The Kier molecular flexibility index (Phi) is 5.16. The van der Waals surface area contributed by atoms with Gasteiger partial charge in [-0.05, 0) is 23.3 Å². The molecular formula is C19H18N2O6. The lowest BCUT2D eigenvalue weighted by molar-refractivity contribution is -0.532. The zero-order valence-corrected chi connectivity index (χ0v) is 14.6. The second kappa shape index (κ2) is 7.53. The number of nitrogens with zero attached hydrogens (tertiary/aromatic N) is 2. The van der Waals surface area contributed by atoms with Gasteiger partial charge in [0.05, 0.1) is 23.9 Å². The quantitative estimate of drug-likeness (QED) is 0.588. The Labute approximate surface area is 155 Å². The molecule has 1 saturated carbocycles. The molecule has 1 fully saturated rings. The van der Waals surface area contributed by atoms with E-state index in [2.05, 4.69) is 0 Å². The van der Waals surface area contributed by atoms with Crippen LogP contribution < -0.4 is 4.74 Å². The van der Waals surface area contributed by atoms with Gasteiger partial charge in [-0.1, -0.05) is 24.3 Å². The Morgan fingerprint density at radius 1 is 0.889 bits per heavy atom. The normalized spacial score (nSPS) is 22.3. The van der Waals surface area contributed by atoms with Gasteiger partial charge in [-0.3, -0.25) is 25.0 Å². The third kappa shape index (κ3) is 3.79. The molecule has 0 saturated heterocycles. The molecule has 0 amide bonds. The fraction of sp³-hybridized carbons (Fsp3) is 0.316. The predicted molar refractivity (Wildman–Crippen MR) is 96.6 cm³/mol. The Morgan fingerprint density at radius 3 is 1.78 bits per heavy atom. The second-order valence-corrected chi connectivity index (χ2v) is 6.56. The number of nitro groups is 2. The summed E-state index contributed by atoms with van der Waals surface area (Å²) in [7, 11) is 1.53. The van der Waals surface area contributed by atoms with E-state index >= 15 is 0 Å². The molecule has 0 radical (unpaired) electrons. The molecule has 1 unspecified atom stereocenters. The molecule has 0 aromatic heterocycles. The van der Waals surface area contributed by atoms with Crippen LogP contribution in [0.25, 0.3) is 0 Å². The lowest BCUT2D eigenvalue weighted by atomic mass is 9.71. The van der Waals surface area contributed by atoms with Crippen molar-refractivity contribution in [3.8, 4) is 5.75 Å². The van der Waals surface area contributed by atoms with Crippen molar-refractivity contribution in [2.75, 3.05) is 7.11 Å². The maximum absolute atomic E-state index is 12.3. The Bertz CT molecular complexity index is 863. The van der Waals surface area contributed by atoms with Crippen molar-refractivity contribution in [1.82, 2.24) is 0 Å². The van der Waals surface area contributed by atoms with Gasteiger partial charge in [-0.2, -0.15) is 0 Å². The molecule has 0 aliphatic heterocycles. The van der Waals surface area contributed by atoms with Crippen LogP contribution in [-0.2, 0) is 4.79 Å². The Hall–Kier alpha value is -3.29. The van der Waals surface area contributed by atoms with Crippen LogP contribution in [-0.4, -0.2) is 28.8 Å². The van der Waals surface area contributed by atoms with Crippen LogP contribution in [0.15, 0.2) is 48.5 Å². The van der Waals surface area contributed by atoms with Crippen molar-refractivity contribution in [1.29, 1.82) is 0 Å². The summed E-state index contributed by atoms with van der Waals surface area (Å²) in [6.07, 6.45) is 0.150. The van der Waals surface area contributed by atoms with Crippen LogP contribution in [0.4, 0.5) is 5.69 Å². The van der Waals surface area contributed by atoms with Gasteiger partial charge in [0.25, 0.3) is 5.69 Å². The number of carbonyl (C=O) groups is 1. The van der Waals surface area contributed by atoms with Gasteiger partial charge in [0.15, 0.2) is 0 Å². The number of rotatable bonds is 5. The second-order valence-electron chi connectivity index (χ2n) is 6.56. The summed E-state index contributed by atoms with van der Waals surface area (Å²) in [5.41, 5.74) is 1.18. The number of hydrogen-bond acceptors (Lipinski definition) is 6. The number of hydrogen-bond donors (Lipinski definition) is 0. The van der Waals surface area contributed by atoms with Gasteiger partial charge in [-0.15, -0.1) is 0 Å². The van der Waals surface area contributed by atoms with E-state index in [9.17, 15) is 25.0 Å². The first-order chi connectivity index (χ1) is 12.9. The van der Waals surface area contributed by atoms with Gasteiger partial charge in [0, 0.05) is 29.9 Å². The van der Waals surface area contributed by atoms with Crippen LogP contribution in [0.2, 0.25) is 0 Å². The summed E-state index contributed by atoms with van der Waals surface area (Å²) in [5.74, 6) is -0.621. The minimum Gasteiger partial charge on any atom is -0.497 e. The predicted octanol–water partition coefficient (Wildman–Crippen LogP) is 3.48. The molecule has 27 heavy (non-hydrogen) atoms. The fourth-order valence-electron chi connectivity index (χ4n) is 3.71. The minimum absolute atomic E-state index is 0.0517. The van der Waals surface area contributed by atoms with Crippen molar-refractivity contribution in [2.45, 2.75) is 30.7 Å². The van der Waals surface area contributed by atoms with E-state index in [4.69, 9.17) is 4.74 Å². The summed E-state index contributed by atoms with van der Waals surface area (Å²) in [4.78, 5) is 34.2. The van der Waals surface area contributed by atoms with Crippen LogP contribution in [0.1, 0.15) is 35.8 Å². The van der Waals surface area contributed by atoms with E-state index in [1.54, 1.807) is 24.3 Å². The summed E-state index contributed by atoms with van der Waals surface area (Å²) in [5, 5.41) is 22.7. The van der Waals surface area contributed by atoms with E-state index in [0.717, 1.165) is 0 Å². The first-order valence-electron chi connectivity index (χ1n) is 8.44. The van der Waals surface area contributed by atoms with Crippen molar-refractivity contribution < 1.29 is 19.4 Å². The summed E-state index contributed by atoms with van der Waals surface area (Å²) in [6.45, 7) is 0. The number of non-ortho nitro benzene ring substituents is 1. The molecule has 1 aliphatic carbocycles. The lowest BCUT2D eigenvalue weighted by Gasteiger charge is -2.32. The number of ketones is 1. The fourth-order valence-corrected chi connectivity index (χ4v) is 3.71. The Balaban J connectivity index is 1.98. The maximum atomic E-state index is 12.3. The van der Waals surface area contributed by atoms with Gasteiger partial charge in [0.2, 0.25) is 6.04 Å². The molecule has 0 heterocycles. The molecule has 2 aromatic rings. The van der Waals surface area contributed by atoms with Gasteiger partial charge in [0.1, 0.15) is 11.5 Å². The molecule has 0 bridgehead atoms. The molecule has 8 heteroatoms. The van der Waals surface area contributed by atoms with Crippen molar-refractivity contribution in [3.05, 3.63) is 79.9 Å². The number of ether oxygens (including phenoxy) is 1. The van der Waals surface area contributed by atoms with E-state index in [1.165, 1.54) is 31.4 Å². The molecule has 3 rings (SSSR count). The Morgan fingerprint density at radius 2 is 1.37 bits per heavy atom. The van der Waals surface area contributed by atoms with Gasteiger partial charge < -0.3 is 4.74 Å². The molecule has 2 aromatic carbocycles. The van der Waals surface area contributed by atoms with Crippen LogP contribution in [0, 0.1) is 20.2 Å². The van der Waals surface area contributed by atoms with Crippen molar-refractivity contribution in [3.63, 3.8) is 0 Å². The number of methoxy groups -OCH3 is 1. The highest BCUT2D eigenvalue weighted by Crippen LogP contribution is 2.42. The molecule has 140 valence electrons. The average molecular weight is 370 g/mol. The number of benzene rings is 2. The molecule has 0 spiro atoms. The van der Waals surface area contributed by atoms with E-state index in [1.807, 2.05) is 0 Å². The summed E-state index contributed by atoms with van der Waals surface area (Å²) in [6, 6.07) is 11.6. The number of nitro benzene ring substituents is 1. The van der Waals surface area contributed by atoms with Crippen molar-refractivity contribution >= 4 is 11.5 Å². The molecule has 0 N–H and O–H groups in total. The zero-order chi connectivity index (χ0) is 19.6. The largest absolute Gasteiger partial charge is 0.497 e. The minimum atomic E-state index is -0.988. The first kappa shape index (κ1) is 18.5. The molecular weight excluding hydrogens is 352 g/mol. The highest BCUT2D eigenvalue weighted by molar-refractivity contribution is 5.81. The number of Topliss-reactive ketones (excluding diaryl/α,β-unsaturated/α-hetero) is 1. The lowest BCUT2D eigenvalue weighted by Crippen LogP contribution is -2.40. The third-order valence-corrected chi connectivity index (χ3v) is 5.04. The highest BCUT2D eigenvalue weighted by Gasteiger charge is 2.46. The smallest absolute Gasteiger partial charge is 0.269 e. The topological polar surface area (TPSA) is 113 Å². The van der Waals surface area contributed by atoms with E-state index in [0.29, 0.717) is 16.9 Å². The van der Waals surface area contributed by atoms with Crippen molar-refractivity contribution in [2.24, 2.45) is 0 Å². The molecule has 1 aliphatic rings. The van der Waals surface area contributed by atoms with Gasteiger partial charge in [-0.25, -0.2) is 0 Å². The third-order valence-electron chi connectivity index (χ3n) is 5.04. The van der Waals surface area contributed by atoms with E-state index < -0.39 is 22.8 Å². The van der Waals surface area contributed by atoms with E-state index in [-0.39, 0.29) is 29.2 Å².